The van der Waals surface area contributed by atoms with E-state index in [9.17, 15) is 20.0 Å². The molecular formula is C26H30N2O5Si. The molecule has 178 valence electrons. The highest BCUT2D eigenvalue weighted by molar-refractivity contribution is 6.99. The number of hydrogen-bond acceptors (Lipinski definition) is 5. The van der Waals surface area contributed by atoms with Crippen LogP contribution >= 0.6 is 0 Å². The number of carbonyl (C=O) groups is 1. The lowest BCUT2D eigenvalue weighted by molar-refractivity contribution is -0.384. The van der Waals surface area contributed by atoms with Crippen LogP contribution in [0.4, 0.5) is 11.4 Å². The molecule has 0 unspecified atom stereocenters. The van der Waals surface area contributed by atoms with Gasteiger partial charge in [-0.15, -0.1) is 0 Å². The van der Waals surface area contributed by atoms with Crippen molar-refractivity contribution in [2.24, 2.45) is 0 Å². The Morgan fingerprint density at radius 1 is 0.971 bits per heavy atom. The zero-order chi connectivity index (χ0) is 24.8. The minimum Gasteiger partial charge on any atom is -0.479 e. The molecule has 3 aromatic rings. The van der Waals surface area contributed by atoms with Gasteiger partial charge < -0.3 is 14.8 Å². The maximum atomic E-state index is 12.3. The highest BCUT2D eigenvalue weighted by Crippen LogP contribution is 2.38. The zero-order valence-corrected chi connectivity index (χ0v) is 20.6. The van der Waals surface area contributed by atoms with Gasteiger partial charge in [0.1, 0.15) is 11.8 Å². The highest BCUT2D eigenvalue weighted by Gasteiger charge is 2.52. The summed E-state index contributed by atoms with van der Waals surface area (Å²) in [5, 5.41) is 26.0. The molecule has 1 atom stereocenters. The predicted molar refractivity (Wildman–Crippen MR) is 136 cm³/mol. The van der Waals surface area contributed by atoms with Crippen LogP contribution in [0.3, 0.4) is 0 Å². The molecule has 0 saturated heterocycles. The van der Waals surface area contributed by atoms with Gasteiger partial charge in [-0.3, -0.25) is 10.1 Å². The molecule has 0 aliphatic carbocycles. The Labute approximate surface area is 200 Å². The Kier molecular flexibility index (Phi) is 7.85. The standard InChI is InChI=1S/C26H30N2O5Si/c1-26(2,3)34(20-12-6-4-7-13-20,21-14-8-5-9-15-21)33-24(25(29)30)18-19-27-22-16-10-11-17-23(22)28(31)32/h4-17,24,27H,18-19H2,1-3H3,(H,29,30)/t24-/m0/s1. The van der Waals surface area contributed by atoms with Gasteiger partial charge in [0.15, 0.2) is 0 Å². The number of rotatable bonds is 10. The SMILES string of the molecule is CC(C)(C)[Si](O[C@@H](CCNc1ccccc1[N+](=O)[O-])C(=O)O)(c1ccccc1)c1ccccc1. The summed E-state index contributed by atoms with van der Waals surface area (Å²) in [6.45, 7) is 6.47. The van der Waals surface area contributed by atoms with Gasteiger partial charge in [0.05, 0.1) is 4.92 Å². The predicted octanol–water partition coefficient (Wildman–Crippen LogP) is 4.43. The molecule has 0 bridgehead atoms. The minimum atomic E-state index is -3.05. The lowest BCUT2D eigenvalue weighted by Crippen LogP contribution is -2.68. The molecule has 3 rings (SSSR count). The minimum absolute atomic E-state index is 0.0534. The number of aliphatic carboxylic acids is 1. The topological polar surface area (TPSA) is 102 Å². The second-order valence-corrected chi connectivity index (χ2v) is 13.4. The third-order valence-corrected chi connectivity index (χ3v) is 10.9. The van der Waals surface area contributed by atoms with Gasteiger partial charge >= 0.3 is 5.97 Å². The Hall–Kier alpha value is -3.49. The monoisotopic (exact) mass is 478 g/mol. The summed E-state index contributed by atoms with van der Waals surface area (Å²) in [5.41, 5.74) is 0.296. The van der Waals surface area contributed by atoms with Crippen molar-refractivity contribution < 1.29 is 19.3 Å². The third-order valence-electron chi connectivity index (χ3n) is 5.83. The van der Waals surface area contributed by atoms with Crippen LogP contribution in [-0.2, 0) is 9.22 Å². The van der Waals surface area contributed by atoms with Gasteiger partial charge in [-0.1, -0.05) is 93.6 Å². The van der Waals surface area contributed by atoms with Crippen molar-refractivity contribution in [3.8, 4) is 0 Å². The number of carboxylic acid groups (broad SMARTS) is 1. The zero-order valence-electron chi connectivity index (χ0n) is 19.6. The van der Waals surface area contributed by atoms with Crippen molar-refractivity contribution in [2.75, 3.05) is 11.9 Å². The van der Waals surface area contributed by atoms with Crippen LogP contribution in [0, 0.1) is 10.1 Å². The summed E-state index contributed by atoms with van der Waals surface area (Å²) in [5.74, 6) is -1.06. The van der Waals surface area contributed by atoms with E-state index in [0.29, 0.717) is 5.69 Å². The average molecular weight is 479 g/mol. The number of nitrogens with zero attached hydrogens (tertiary/aromatic N) is 1. The van der Waals surface area contributed by atoms with E-state index in [1.54, 1.807) is 18.2 Å². The smallest absolute Gasteiger partial charge is 0.331 e. The summed E-state index contributed by atoms with van der Waals surface area (Å²) >= 11 is 0. The van der Waals surface area contributed by atoms with Gasteiger partial charge in [-0.05, 0) is 21.5 Å². The van der Waals surface area contributed by atoms with Crippen molar-refractivity contribution in [2.45, 2.75) is 38.3 Å². The van der Waals surface area contributed by atoms with E-state index in [1.807, 2.05) is 60.7 Å². The summed E-state index contributed by atoms with van der Waals surface area (Å²) < 4.78 is 6.72. The lowest BCUT2D eigenvalue weighted by atomic mass is 10.2. The Balaban J connectivity index is 1.95. The molecule has 34 heavy (non-hydrogen) atoms. The second-order valence-electron chi connectivity index (χ2n) is 9.10. The van der Waals surface area contributed by atoms with Crippen LogP contribution in [0.5, 0.6) is 0 Å². The van der Waals surface area contributed by atoms with E-state index in [0.717, 1.165) is 10.4 Å². The largest absolute Gasteiger partial charge is 0.479 e. The molecule has 0 spiro atoms. The number of nitrogens with one attached hydrogen (secondary N) is 1. The first-order valence-corrected chi connectivity index (χ1v) is 13.1. The molecule has 0 amide bonds. The first-order valence-electron chi connectivity index (χ1n) is 11.2. The van der Waals surface area contributed by atoms with Crippen molar-refractivity contribution >= 4 is 36.0 Å². The number of benzene rings is 3. The van der Waals surface area contributed by atoms with E-state index < -0.39 is 25.3 Å². The number of nitro benzene ring substituents is 1. The number of anilines is 1. The van der Waals surface area contributed by atoms with Crippen molar-refractivity contribution in [1.29, 1.82) is 0 Å². The van der Waals surface area contributed by atoms with Crippen LogP contribution < -0.4 is 15.7 Å². The molecular weight excluding hydrogens is 448 g/mol. The van der Waals surface area contributed by atoms with Gasteiger partial charge in [-0.2, -0.15) is 0 Å². The first-order chi connectivity index (χ1) is 16.2. The van der Waals surface area contributed by atoms with E-state index in [1.165, 1.54) is 6.07 Å². The number of hydrogen-bond donors (Lipinski definition) is 2. The van der Waals surface area contributed by atoms with Gasteiger partial charge in [-0.25, -0.2) is 4.79 Å². The summed E-state index contributed by atoms with van der Waals surface area (Å²) in [6, 6.07) is 26.0. The molecule has 0 aliphatic rings. The van der Waals surface area contributed by atoms with Crippen molar-refractivity contribution in [3.05, 3.63) is 95.0 Å². The van der Waals surface area contributed by atoms with Gasteiger partial charge in [0.2, 0.25) is 0 Å². The van der Waals surface area contributed by atoms with Crippen LogP contribution in [-0.4, -0.2) is 37.0 Å². The van der Waals surface area contributed by atoms with Crippen LogP contribution in [0.15, 0.2) is 84.9 Å². The summed E-state index contributed by atoms with van der Waals surface area (Å²) in [7, 11) is -3.05. The summed E-state index contributed by atoms with van der Waals surface area (Å²) in [6.07, 6.45) is -0.951. The fourth-order valence-electron chi connectivity index (χ4n) is 4.26. The maximum Gasteiger partial charge on any atom is 0.331 e. The fourth-order valence-corrected chi connectivity index (χ4v) is 8.92. The maximum absolute atomic E-state index is 12.3. The van der Waals surface area contributed by atoms with Gasteiger partial charge in [0, 0.05) is 19.0 Å². The van der Waals surface area contributed by atoms with Gasteiger partial charge in [0.25, 0.3) is 14.0 Å². The second kappa shape index (κ2) is 10.6. The first kappa shape index (κ1) is 25.1. The van der Waals surface area contributed by atoms with Crippen molar-refractivity contribution in [3.63, 3.8) is 0 Å². The lowest BCUT2D eigenvalue weighted by Gasteiger charge is -2.44. The molecule has 0 fully saturated rings. The van der Waals surface area contributed by atoms with E-state index in [4.69, 9.17) is 4.43 Å². The Morgan fingerprint density at radius 2 is 1.47 bits per heavy atom. The third kappa shape index (κ3) is 5.35. The molecule has 7 nitrogen and oxygen atoms in total. The average Bonchev–Trinajstić information content (AvgIpc) is 2.81. The number of carboxylic acids is 1. The molecule has 3 aromatic carbocycles. The fraction of sp³-hybridized carbons (Fsp3) is 0.269. The Bertz CT molecular complexity index is 1080. The van der Waals surface area contributed by atoms with Crippen LogP contribution in [0.2, 0.25) is 5.04 Å². The Morgan fingerprint density at radius 3 is 1.94 bits per heavy atom. The highest BCUT2D eigenvalue weighted by atomic mass is 28.4. The molecule has 0 radical (unpaired) electrons. The van der Waals surface area contributed by atoms with Crippen molar-refractivity contribution in [1.82, 2.24) is 0 Å². The molecule has 0 heterocycles. The number of nitro groups is 1. The molecule has 0 aromatic heterocycles. The van der Waals surface area contributed by atoms with E-state index >= 15 is 0 Å². The van der Waals surface area contributed by atoms with Crippen LogP contribution in [0.25, 0.3) is 0 Å². The van der Waals surface area contributed by atoms with E-state index in [2.05, 4.69) is 26.1 Å². The molecule has 2 N–H and O–H groups in total. The van der Waals surface area contributed by atoms with Crippen LogP contribution in [0.1, 0.15) is 27.2 Å². The quantitative estimate of drug-likeness (QED) is 0.254. The van der Waals surface area contributed by atoms with E-state index in [-0.39, 0.29) is 23.7 Å². The molecule has 0 saturated carbocycles. The molecule has 0 aliphatic heterocycles. The summed E-state index contributed by atoms with van der Waals surface area (Å²) in [4.78, 5) is 23.2. The molecule has 8 heteroatoms. The number of para-hydroxylation sites is 2. The normalized spacial score (nSPS) is 12.7.